The Hall–Kier alpha value is -2.58. The van der Waals surface area contributed by atoms with E-state index in [1.165, 1.54) is 18.4 Å². The molecule has 1 heterocycles. The number of halogens is 3. The topological polar surface area (TPSA) is 49.4 Å². The largest absolute Gasteiger partial charge is 0.310 e. The summed E-state index contributed by atoms with van der Waals surface area (Å²) in [7, 11) is -3.72. The van der Waals surface area contributed by atoms with E-state index in [9.17, 15) is 17.2 Å². The molecule has 2 fully saturated rings. The van der Waals surface area contributed by atoms with Crippen LogP contribution in [-0.4, -0.2) is 38.7 Å². The number of benzene rings is 3. The Balaban J connectivity index is 1.41. The fraction of sp³-hybridized carbons (Fsp3) is 0.355. The maximum Gasteiger partial charge on any atom is 0.176 e. The fourth-order valence-corrected chi connectivity index (χ4v) is 6.93. The van der Waals surface area contributed by atoms with E-state index in [0.29, 0.717) is 29.7 Å². The van der Waals surface area contributed by atoms with Crippen LogP contribution >= 0.6 is 11.6 Å². The third-order valence-corrected chi connectivity index (χ3v) is 9.17. The minimum Gasteiger partial charge on any atom is -0.310 e. The van der Waals surface area contributed by atoms with Gasteiger partial charge < -0.3 is 5.32 Å². The van der Waals surface area contributed by atoms with Crippen molar-refractivity contribution >= 4 is 26.3 Å². The molecule has 1 saturated carbocycles. The first kappa shape index (κ1) is 28.0. The molecule has 4 nitrogen and oxygen atoms in total. The maximum atomic E-state index is 14.0. The van der Waals surface area contributed by atoms with Crippen LogP contribution in [0.5, 0.6) is 0 Å². The van der Waals surface area contributed by atoms with Gasteiger partial charge in [0.05, 0.1) is 10.9 Å². The number of sulfone groups is 1. The van der Waals surface area contributed by atoms with Crippen molar-refractivity contribution < 1.29 is 17.2 Å². The summed E-state index contributed by atoms with van der Waals surface area (Å²) < 4.78 is 53.3. The van der Waals surface area contributed by atoms with E-state index in [2.05, 4.69) is 41.4 Å². The van der Waals surface area contributed by atoms with E-state index in [1.54, 1.807) is 0 Å². The molecule has 0 amide bonds. The second-order valence-corrected chi connectivity index (χ2v) is 13.1. The second kappa shape index (κ2) is 11.5. The lowest BCUT2D eigenvalue weighted by Gasteiger charge is -2.42. The smallest absolute Gasteiger partial charge is 0.176 e. The first-order valence-corrected chi connectivity index (χ1v) is 15.6. The SMILES string of the molecule is CCC(NCc1ccc([C@@H](c2ccc(Cl)cc2)N2CC(=C(c3cc(F)cc(F)c3)S(C)(=O)=O)C2)cc1)C1CC1. The van der Waals surface area contributed by atoms with Gasteiger partial charge in [-0.3, -0.25) is 4.90 Å². The second-order valence-electron chi connectivity index (χ2n) is 10.7. The van der Waals surface area contributed by atoms with Crippen molar-refractivity contribution in [2.75, 3.05) is 19.3 Å². The Morgan fingerprint density at radius 2 is 1.54 bits per heavy atom. The zero-order chi connectivity index (χ0) is 27.7. The van der Waals surface area contributed by atoms with Crippen LogP contribution in [0.25, 0.3) is 4.91 Å². The quantitative estimate of drug-likeness (QED) is 0.293. The molecular weight excluding hydrogens is 538 g/mol. The molecule has 1 N–H and O–H groups in total. The molecule has 0 spiro atoms. The van der Waals surface area contributed by atoms with Gasteiger partial charge in [0.2, 0.25) is 0 Å². The highest BCUT2D eigenvalue weighted by atomic mass is 35.5. The van der Waals surface area contributed by atoms with Crippen LogP contribution in [0.15, 0.2) is 72.3 Å². The lowest BCUT2D eigenvalue weighted by Crippen LogP contribution is -2.44. The summed E-state index contributed by atoms with van der Waals surface area (Å²) in [5.41, 5.74) is 3.99. The van der Waals surface area contributed by atoms with Crippen LogP contribution in [0.2, 0.25) is 5.02 Å². The van der Waals surface area contributed by atoms with Gasteiger partial charge in [-0.2, -0.15) is 0 Å². The molecule has 1 aliphatic heterocycles. The molecule has 2 atom stereocenters. The van der Waals surface area contributed by atoms with Gasteiger partial charge >= 0.3 is 0 Å². The van der Waals surface area contributed by atoms with E-state index in [0.717, 1.165) is 54.5 Å². The third kappa shape index (κ3) is 6.60. The van der Waals surface area contributed by atoms with Crippen LogP contribution in [0, 0.1) is 17.6 Å². The highest BCUT2D eigenvalue weighted by molar-refractivity contribution is 8.00. The van der Waals surface area contributed by atoms with Crippen LogP contribution in [-0.2, 0) is 16.4 Å². The predicted molar refractivity (Wildman–Crippen MR) is 153 cm³/mol. The van der Waals surface area contributed by atoms with E-state index < -0.39 is 21.5 Å². The molecule has 1 aliphatic carbocycles. The van der Waals surface area contributed by atoms with E-state index >= 15 is 0 Å². The fourth-order valence-electron chi connectivity index (χ4n) is 5.60. The van der Waals surface area contributed by atoms with E-state index in [4.69, 9.17) is 11.6 Å². The molecule has 8 heteroatoms. The Kier molecular flexibility index (Phi) is 8.24. The van der Waals surface area contributed by atoms with Gasteiger partial charge in [-0.1, -0.05) is 54.9 Å². The molecule has 1 saturated heterocycles. The average molecular weight is 571 g/mol. The molecule has 206 valence electrons. The molecule has 3 aromatic rings. The lowest BCUT2D eigenvalue weighted by atomic mass is 9.91. The van der Waals surface area contributed by atoms with E-state index in [-0.39, 0.29) is 16.5 Å². The van der Waals surface area contributed by atoms with Crippen molar-refractivity contribution in [1.29, 1.82) is 0 Å². The van der Waals surface area contributed by atoms with Crippen LogP contribution < -0.4 is 5.32 Å². The van der Waals surface area contributed by atoms with Gasteiger partial charge in [-0.05, 0) is 77.3 Å². The van der Waals surface area contributed by atoms with Crippen LogP contribution in [0.4, 0.5) is 8.78 Å². The number of nitrogens with zero attached hydrogens (tertiary/aromatic N) is 1. The van der Waals surface area contributed by atoms with Crippen LogP contribution in [0.3, 0.4) is 0 Å². The van der Waals surface area contributed by atoms with Gasteiger partial charge in [0.25, 0.3) is 0 Å². The van der Waals surface area contributed by atoms with Crippen molar-refractivity contribution in [3.8, 4) is 0 Å². The monoisotopic (exact) mass is 570 g/mol. The molecule has 0 radical (unpaired) electrons. The van der Waals surface area contributed by atoms with Gasteiger partial charge in [-0.25, -0.2) is 17.2 Å². The number of hydrogen-bond acceptors (Lipinski definition) is 4. The highest BCUT2D eigenvalue weighted by Crippen LogP contribution is 2.39. The zero-order valence-corrected chi connectivity index (χ0v) is 23.7. The minimum absolute atomic E-state index is 0.00503. The number of nitrogens with one attached hydrogen (secondary N) is 1. The molecule has 3 aromatic carbocycles. The first-order valence-electron chi connectivity index (χ1n) is 13.3. The minimum atomic E-state index is -3.72. The number of likely N-dealkylation sites (tertiary alicyclic amines) is 1. The predicted octanol–water partition coefficient (Wildman–Crippen LogP) is 6.76. The van der Waals surface area contributed by atoms with Crippen molar-refractivity contribution in [1.82, 2.24) is 10.2 Å². The van der Waals surface area contributed by atoms with Crippen molar-refractivity contribution in [3.63, 3.8) is 0 Å². The number of hydrogen-bond donors (Lipinski definition) is 1. The van der Waals surface area contributed by atoms with Gasteiger partial charge in [-0.15, -0.1) is 0 Å². The number of rotatable bonds is 10. The Morgan fingerprint density at radius 3 is 2.05 bits per heavy atom. The van der Waals surface area contributed by atoms with Gasteiger partial charge in [0.1, 0.15) is 11.6 Å². The van der Waals surface area contributed by atoms with Crippen LogP contribution in [0.1, 0.15) is 54.5 Å². The molecular formula is C31H33ClF2N2O2S. The summed E-state index contributed by atoms with van der Waals surface area (Å²) in [6.07, 6.45) is 4.84. The molecule has 39 heavy (non-hydrogen) atoms. The zero-order valence-electron chi connectivity index (χ0n) is 22.1. The third-order valence-electron chi connectivity index (χ3n) is 7.65. The Labute approximate surface area is 234 Å². The molecule has 0 aromatic heterocycles. The highest BCUT2D eigenvalue weighted by Gasteiger charge is 2.35. The summed E-state index contributed by atoms with van der Waals surface area (Å²) in [5, 5.41) is 4.33. The maximum absolute atomic E-state index is 14.0. The van der Waals surface area contributed by atoms with Gasteiger partial charge in [0.15, 0.2) is 9.84 Å². The summed E-state index contributed by atoms with van der Waals surface area (Å²) in [5.74, 6) is -0.809. The Morgan fingerprint density at radius 1 is 0.974 bits per heavy atom. The van der Waals surface area contributed by atoms with Gasteiger partial charge in [0, 0.05) is 43.0 Å². The molecule has 2 aliphatic rings. The molecule has 0 bridgehead atoms. The van der Waals surface area contributed by atoms with Crippen molar-refractivity contribution in [2.45, 2.75) is 44.8 Å². The normalized spacial score (nSPS) is 17.5. The average Bonchev–Trinajstić information content (AvgIpc) is 3.69. The standard InChI is InChI=1S/C31H33ClF2N2O2S/c1-3-29(21-8-9-21)35-17-20-4-6-22(7-5-20)30(23-10-12-26(32)13-11-23)36-18-25(19-36)31(39(2,37)38)24-14-27(33)16-28(34)15-24/h4-7,10-16,21,29-30,35H,3,8-9,17-19H2,1-2H3/t29?,30-/m0/s1. The first-order chi connectivity index (χ1) is 18.6. The Bertz CT molecular complexity index is 1440. The lowest BCUT2D eigenvalue weighted by molar-refractivity contribution is 0.203. The molecule has 1 unspecified atom stereocenters. The summed E-state index contributed by atoms with van der Waals surface area (Å²) >= 11 is 6.16. The van der Waals surface area contributed by atoms with E-state index in [1.807, 2.05) is 24.3 Å². The summed E-state index contributed by atoms with van der Waals surface area (Å²) in [6.45, 7) is 3.76. The van der Waals surface area contributed by atoms with Crippen molar-refractivity contribution in [2.24, 2.45) is 5.92 Å². The summed E-state index contributed by atoms with van der Waals surface area (Å²) in [6, 6.07) is 19.5. The summed E-state index contributed by atoms with van der Waals surface area (Å²) in [4.78, 5) is 2.15. The van der Waals surface area contributed by atoms with Crippen molar-refractivity contribution in [3.05, 3.63) is 111 Å². The molecule has 5 rings (SSSR count).